The topological polar surface area (TPSA) is 54.4 Å². The molecule has 2 unspecified atom stereocenters. The smallest absolute Gasteiger partial charge is 0.374 e. The third-order valence-electron chi connectivity index (χ3n) is 5.12. The van der Waals surface area contributed by atoms with E-state index in [0.717, 1.165) is 19.3 Å². The number of Topliss-reactive ketones (excluding diaryl/α,β-unsaturated/α-hetero) is 1. The van der Waals surface area contributed by atoms with Gasteiger partial charge in [-0.15, -0.1) is 0 Å². The summed E-state index contributed by atoms with van der Waals surface area (Å²) in [6.45, 7) is 5.56. The van der Waals surface area contributed by atoms with Gasteiger partial charge in [0.2, 0.25) is 5.78 Å². The maximum absolute atomic E-state index is 12.2. The maximum atomic E-state index is 12.2. The molecule has 0 aliphatic rings. The van der Waals surface area contributed by atoms with E-state index in [2.05, 4.69) is 6.92 Å². The van der Waals surface area contributed by atoms with Crippen molar-refractivity contribution < 1.29 is 19.2 Å². The molecular formula is C19H38NO3+. The highest BCUT2D eigenvalue weighted by Gasteiger charge is 2.58. The summed E-state index contributed by atoms with van der Waals surface area (Å²) in [5.74, 6) is -1.41. The van der Waals surface area contributed by atoms with Crippen molar-refractivity contribution in [3.63, 3.8) is 0 Å². The third kappa shape index (κ3) is 5.91. The molecule has 0 spiro atoms. The Labute approximate surface area is 142 Å². The highest BCUT2D eigenvalue weighted by atomic mass is 16.4. The lowest BCUT2D eigenvalue weighted by Gasteiger charge is -2.44. The van der Waals surface area contributed by atoms with Crippen LogP contribution < -0.4 is 0 Å². The molecule has 0 saturated heterocycles. The molecule has 136 valence electrons. The fourth-order valence-electron chi connectivity index (χ4n) is 3.92. The molecule has 23 heavy (non-hydrogen) atoms. The molecule has 0 fully saturated rings. The Balaban J connectivity index is 4.51. The first-order chi connectivity index (χ1) is 10.6. The molecule has 0 aliphatic heterocycles. The zero-order valence-corrected chi connectivity index (χ0v) is 16.2. The van der Waals surface area contributed by atoms with Crippen LogP contribution in [-0.2, 0) is 9.59 Å². The third-order valence-corrected chi connectivity index (χ3v) is 5.12. The van der Waals surface area contributed by atoms with E-state index in [1.807, 2.05) is 6.92 Å². The van der Waals surface area contributed by atoms with Crippen LogP contribution in [0.3, 0.4) is 0 Å². The molecule has 4 nitrogen and oxygen atoms in total. The molecule has 2 atom stereocenters. The first kappa shape index (κ1) is 22.1. The molecule has 0 rings (SSSR count). The molecule has 4 heteroatoms. The van der Waals surface area contributed by atoms with Crippen LogP contribution >= 0.6 is 0 Å². The number of hydrogen-bond donors (Lipinski definition) is 1. The minimum absolute atomic E-state index is 0.135. The Hall–Kier alpha value is -0.900. The molecular weight excluding hydrogens is 290 g/mol. The van der Waals surface area contributed by atoms with E-state index in [-0.39, 0.29) is 16.2 Å². The predicted octanol–water partition coefficient (Wildman–Crippen LogP) is 4.27. The number of likely N-dealkylation sites (N-methyl/N-ethyl adjacent to an activating group) is 1. The van der Waals surface area contributed by atoms with E-state index in [4.69, 9.17) is 0 Å². The van der Waals surface area contributed by atoms with E-state index in [1.165, 1.54) is 45.4 Å². The van der Waals surface area contributed by atoms with Gasteiger partial charge < -0.3 is 9.59 Å². The van der Waals surface area contributed by atoms with Gasteiger partial charge in [-0.3, -0.25) is 4.79 Å². The lowest BCUT2D eigenvalue weighted by atomic mass is 9.76. The van der Waals surface area contributed by atoms with Crippen molar-refractivity contribution >= 4 is 11.8 Å². The van der Waals surface area contributed by atoms with Crippen molar-refractivity contribution in [1.82, 2.24) is 0 Å². The normalized spacial score (nSPS) is 15.9. The van der Waals surface area contributed by atoms with Crippen LogP contribution in [0.25, 0.3) is 0 Å². The zero-order valence-electron chi connectivity index (χ0n) is 16.2. The number of carbonyl (C=O) groups is 2. The van der Waals surface area contributed by atoms with Gasteiger partial charge in [-0.05, 0) is 6.42 Å². The highest BCUT2D eigenvalue weighted by Crippen LogP contribution is 2.33. The first-order valence-electron chi connectivity index (χ1n) is 9.18. The van der Waals surface area contributed by atoms with Crippen LogP contribution in [0, 0.1) is 5.92 Å². The monoisotopic (exact) mass is 328 g/mol. The molecule has 1 N–H and O–H groups in total. The van der Waals surface area contributed by atoms with Gasteiger partial charge >= 0.3 is 5.97 Å². The lowest BCUT2D eigenvalue weighted by molar-refractivity contribution is -0.907. The minimum Gasteiger partial charge on any atom is -0.476 e. The fourth-order valence-corrected chi connectivity index (χ4v) is 3.92. The van der Waals surface area contributed by atoms with Crippen molar-refractivity contribution in [2.24, 2.45) is 5.92 Å². The SMILES string of the molecule is CCCCCCCCCCC(C)C(C(C)=O)(C(=O)O)[N+](C)(C)C. The molecule has 0 amide bonds. The number of unbranched alkanes of at least 4 members (excludes halogenated alkanes) is 7. The summed E-state index contributed by atoms with van der Waals surface area (Å²) in [6.07, 6.45) is 10.6. The average molecular weight is 329 g/mol. The molecule has 0 aromatic heterocycles. The van der Waals surface area contributed by atoms with Gasteiger partial charge in [0.05, 0.1) is 21.1 Å². The van der Waals surface area contributed by atoms with Crippen LogP contribution in [0.1, 0.15) is 78.6 Å². The quantitative estimate of drug-likeness (QED) is 0.312. The van der Waals surface area contributed by atoms with Crippen molar-refractivity contribution in [3.05, 3.63) is 0 Å². The molecule has 0 heterocycles. The zero-order chi connectivity index (χ0) is 18.1. The number of carboxylic acids is 1. The van der Waals surface area contributed by atoms with Crippen LogP contribution in [0.5, 0.6) is 0 Å². The number of quaternary nitrogens is 1. The largest absolute Gasteiger partial charge is 0.476 e. The van der Waals surface area contributed by atoms with E-state index in [1.54, 1.807) is 21.1 Å². The van der Waals surface area contributed by atoms with E-state index < -0.39 is 11.5 Å². The predicted molar refractivity (Wildman–Crippen MR) is 95.5 cm³/mol. The van der Waals surface area contributed by atoms with Crippen LogP contribution in [0.2, 0.25) is 0 Å². The number of ketones is 1. The van der Waals surface area contributed by atoms with Gasteiger partial charge in [0.1, 0.15) is 0 Å². The molecule has 0 radical (unpaired) electrons. The van der Waals surface area contributed by atoms with Crippen LogP contribution in [0.4, 0.5) is 0 Å². The van der Waals surface area contributed by atoms with Crippen LogP contribution in [0.15, 0.2) is 0 Å². The number of aliphatic carboxylic acids is 1. The molecule has 0 aromatic carbocycles. The first-order valence-corrected chi connectivity index (χ1v) is 9.18. The Kier molecular flexibility index (Phi) is 9.67. The Morgan fingerprint density at radius 1 is 0.957 bits per heavy atom. The van der Waals surface area contributed by atoms with Crippen molar-refractivity contribution in [2.75, 3.05) is 21.1 Å². The summed E-state index contributed by atoms with van der Waals surface area (Å²) in [5.41, 5.74) is -1.35. The van der Waals surface area contributed by atoms with Gasteiger partial charge in [-0.25, -0.2) is 4.79 Å². The number of nitrogens with zero attached hydrogens (tertiary/aromatic N) is 1. The second-order valence-electron chi connectivity index (χ2n) is 7.80. The Bertz CT molecular complexity index is 357. The van der Waals surface area contributed by atoms with Gasteiger partial charge in [-0.1, -0.05) is 65.2 Å². The highest BCUT2D eigenvalue weighted by molar-refractivity contribution is 6.05. The van der Waals surface area contributed by atoms with Crippen molar-refractivity contribution in [2.45, 2.75) is 84.1 Å². The minimum atomic E-state index is -1.35. The number of rotatable bonds is 13. The molecule has 0 bridgehead atoms. The average Bonchev–Trinajstić information content (AvgIpc) is 2.39. The summed E-state index contributed by atoms with van der Waals surface area (Å²) in [6, 6.07) is 0. The Morgan fingerprint density at radius 2 is 1.39 bits per heavy atom. The summed E-state index contributed by atoms with van der Waals surface area (Å²) in [7, 11) is 5.42. The number of hydrogen-bond acceptors (Lipinski definition) is 2. The number of carboxylic acid groups (broad SMARTS) is 1. The second kappa shape index (κ2) is 10.1. The molecule has 0 aliphatic carbocycles. The summed E-state index contributed by atoms with van der Waals surface area (Å²) < 4.78 is 0.135. The van der Waals surface area contributed by atoms with Gasteiger partial charge in [0, 0.05) is 12.8 Å². The maximum Gasteiger partial charge on any atom is 0.374 e. The molecule has 0 aromatic rings. The van der Waals surface area contributed by atoms with E-state index in [9.17, 15) is 14.7 Å². The van der Waals surface area contributed by atoms with Gasteiger partial charge in [-0.2, -0.15) is 0 Å². The van der Waals surface area contributed by atoms with Gasteiger partial charge in [0.15, 0.2) is 0 Å². The lowest BCUT2D eigenvalue weighted by Crippen LogP contribution is -2.69. The van der Waals surface area contributed by atoms with E-state index in [0.29, 0.717) is 0 Å². The fraction of sp³-hybridized carbons (Fsp3) is 0.895. The standard InChI is InChI=1S/C19H37NO3/c1-7-8-9-10-11-12-13-14-15-16(2)19(17(3)21,18(22)23)20(4,5)6/h16H,7-15H2,1-6H3/p+1. The summed E-state index contributed by atoms with van der Waals surface area (Å²) >= 11 is 0. The van der Waals surface area contributed by atoms with Crippen molar-refractivity contribution in [3.8, 4) is 0 Å². The molecule has 0 saturated carbocycles. The second-order valence-corrected chi connectivity index (χ2v) is 7.80. The Morgan fingerprint density at radius 3 is 1.74 bits per heavy atom. The summed E-state index contributed by atoms with van der Waals surface area (Å²) in [5, 5.41) is 9.79. The summed E-state index contributed by atoms with van der Waals surface area (Å²) in [4.78, 5) is 24.2. The van der Waals surface area contributed by atoms with E-state index >= 15 is 0 Å². The van der Waals surface area contributed by atoms with Crippen molar-refractivity contribution in [1.29, 1.82) is 0 Å². The van der Waals surface area contributed by atoms with Crippen LogP contribution in [-0.4, -0.2) is 48.0 Å². The number of carbonyl (C=O) groups excluding carboxylic acids is 1. The van der Waals surface area contributed by atoms with Gasteiger partial charge in [0.25, 0.3) is 5.54 Å².